The van der Waals surface area contributed by atoms with Crippen molar-refractivity contribution in [3.63, 3.8) is 0 Å². The molecule has 0 unspecified atom stereocenters. The Bertz CT molecular complexity index is 1140. The van der Waals surface area contributed by atoms with Gasteiger partial charge in [0.2, 0.25) is 0 Å². The van der Waals surface area contributed by atoms with E-state index in [-0.39, 0.29) is 5.91 Å². The number of hydrogen-bond donors (Lipinski definition) is 1. The van der Waals surface area contributed by atoms with Gasteiger partial charge in [-0.25, -0.2) is 0 Å². The molecule has 0 aliphatic carbocycles. The number of amides is 1. The molecular formula is C27H27N3O3. The first-order chi connectivity index (χ1) is 16.3. The molecule has 1 aliphatic rings. The zero-order valence-electron chi connectivity index (χ0n) is 18.7. The van der Waals surface area contributed by atoms with Crippen LogP contribution in [-0.2, 0) is 11.2 Å². The number of carbonyl (C=O) groups excluding carboxylic acids is 1. The van der Waals surface area contributed by atoms with Gasteiger partial charge in [-0.1, -0.05) is 42.5 Å². The number of nitrogens with zero attached hydrogens (tertiary/aromatic N) is 2. The quantitative estimate of drug-likeness (QED) is 0.483. The first kappa shape index (κ1) is 22.4. The summed E-state index contributed by atoms with van der Waals surface area (Å²) >= 11 is 0. The van der Waals surface area contributed by atoms with Crippen LogP contribution >= 0.6 is 0 Å². The lowest BCUT2D eigenvalue weighted by Gasteiger charge is -2.15. The maximum Gasteiger partial charge on any atom is 0.252 e. The molecule has 0 saturated carbocycles. The SMILES string of the molecule is COCCOc1cccc(C(=O)NCCc2ccccn2)c1C1=NCC(c2ccccc2)=C1. The summed E-state index contributed by atoms with van der Waals surface area (Å²) < 4.78 is 11.1. The number of carbonyl (C=O) groups is 1. The number of pyridine rings is 1. The van der Waals surface area contributed by atoms with Gasteiger partial charge in [-0.15, -0.1) is 0 Å². The molecule has 0 atom stereocenters. The van der Waals surface area contributed by atoms with Gasteiger partial charge in [0.05, 0.1) is 30.0 Å². The van der Waals surface area contributed by atoms with Gasteiger partial charge in [-0.2, -0.15) is 0 Å². The number of rotatable bonds is 10. The summed E-state index contributed by atoms with van der Waals surface area (Å²) in [6.07, 6.45) is 4.45. The summed E-state index contributed by atoms with van der Waals surface area (Å²) in [5.41, 5.74) is 5.15. The van der Waals surface area contributed by atoms with E-state index < -0.39 is 0 Å². The highest BCUT2D eigenvalue weighted by atomic mass is 16.5. The number of allylic oxidation sites excluding steroid dienone is 1. The molecule has 2 aromatic carbocycles. The van der Waals surface area contributed by atoms with Crippen LogP contribution in [0.5, 0.6) is 5.75 Å². The second-order valence-electron chi connectivity index (χ2n) is 7.58. The molecule has 33 heavy (non-hydrogen) atoms. The molecule has 4 rings (SSSR count). The monoisotopic (exact) mass is 441 g/mol. The van der Waals surface area contributed by atoms with Crippen LogP contribution < -0.4 is 10.1 Å². The molecule has 2 heterocycles. The molecule has 0 fully saturated rings. The highest BCUT2D eigenvalue weighted by molar-refractivity contribution is 6.20. The maximum atomic E-state index is 13.2. The van der Waals surface area contributed by atoms with Crippen LogP contribution in [0.3, 0.4) is 0 Å². The fourth-order valence-corrected chi connectivity index (χ4v) is 3.69. The van der Waals surface area contributed by atoms with Crippen LogP contribution in [0.15, 0.2) is 84.0 Å². The third-order valence-corrected chi connectivity index (χ3v) is 5.34. The van der Waals surface area contributed by atoms with Gasteiger partial charge in [0.1, 0.15) is 12.4 Å². The predicted octanol–water partition coefficient (Wildman–Crippen LogP) is 3.97. The standard InChI is InChI=1S/C27H27N3O3/c1-32-16-17-33-25-12-7-11-23(27(31)29-15-13-22-10-5-6-14-28-22)26(25)24-18-21(19-30-24)20-8-3-2-4-9-20/h2-12,14,18H,13,15-17,19H2,1H3,(H,29,31). The summed E-state index contributed by atoms with van der Waals surface area (Å²) in [5.74, 6) is 0.455. The smallest absolute Gasteiger partial charge is 0.252 e. The fourth-order valence-electron chi connectivity index (χ4n) is 3.69. The Morgan fingerprint density at radius 2 is 1.85 bits per heavy atom. The van der Waals surface area contributed by atoms with E-state index in [1.807, 2.05) is 60.7 Å². The van der Waals surface area contributed by atoms with Crippen molar-refractivity contribution in [3.8, 4) is 5.75 Å². The summed E-state index contributed by atoms with van der Waals surface area (Å²) in [6, 6.07) is 21.4. The maximum absolute atomic E-state index is 13.2. The molecule has 1 amide bonds. The lowest BCUT2D eigenvalue weighted by molar-refractivity contribution is 0.0953. The van der Waals surface area contributed by atoms with Gasteiger partial charge in [0.25, 0.3) is 5.91 Å². The van der Waals surface area contributed by atoms with Crippen LogP contribution in [0.25, 0.3) is 5.57 Å². The van der Waals surface area contributed by atoms with Crippen LogP contribution in [-0.4, -0.2) is 50.0 Å². The van der Waals surface area contributed by atoms with Crippen molar-refractivity contribution in [2.45, 2.75) is 6.42 Å². The summed E-state index contributed by atoms with van der Waals surface area (Å²) in [4.78, 5) is 22.2. The van der Waals surface area contributed by atoms with Crippen molar-refractivity contribution in [1.29, 1.82) is 0 Å². The second kappa shape index (κ2) is 11.2. The van der Waals surface area contributed by atoms with Crippen molar-refractivity contribution in [3.05, 3.63) is 101 Å². The van der Waals surface area contributed by atoms with Gasteiger partial charge in [-0.05, 0) is 41.5 Å². The van der Waals surface area contributed by atoms with Crippen molar-refractivity contribution in [2.75, 3.05) is 33.4 Å². The van der Waals surface area contributed by atoms with Crippen LogP contribution in [0.4, 0.5) is 0 Å². The molecule has 6 nitrogen and oxygen atoms in total. The van der Waals surface area contributed by atoms with Crippen molar-refractivity contribution in [1.82, 2.24) is 10.3 Å². The van der Waals surface area contributed by atoms with Crippen LogP contribution in [0, 0.1) is 0 Å². The van der Waals surface area contributed by atoms with Gasteiger partial charge in [0, 0.05) is 32.0 Å². The van der Waals surface area contributed by atoms with Crippen molar-refractivity contribution in [2.24, 2.45) is 4.99 Å². The molecule has 0 bridgehead atoms. The minimum absolute atomic E-state index is 0.164. The average molecular weight is 442 g/mol. The Morgan fingerprint density at radius 1 is 1.00 bits per heavy atom. The number of aromatic nitrogens is 1. The molecule has 0 radical (unpaired) electrons. The van der Waals surface area contributed by atoms with E-state index in [1.54, 1.807) is 13.3 Å². The van der Waals surface area contributed by atoms with Gasteiger partial charge in [-0.3, -0.25) is 14.8 Å². The van der Waals surface area contributed by atoms with Crippen molar-refractivity contribution >= 4 is 17.2 Å². The highest BCUT2D eigenvalue weighted by Crippen LogP contribution is 2.29. The Kier molecular flexibility index (Phi) is 7.61. The molecule has 168 valence electrons. The zero-order valence-corrected chi connectivity index (χ0v) is 18.7. The minimum Gasteiger partial charge on any atom is -0.490 e. The van der Waals surface area contributed by atoms with E-state index in [0.717, 1.165) is 22.5 Å². The molecule has 3 aromatic rings. The normalized spacial score (nSPS) is 12.8. The molecule has 0 spiro atoms. The number of benzene rings is 2. The average Bonchev–Trinajstić information content (AvgIpc) is 3.35. The molecule has 1 N–H and O–H groups in total. The Morgan fingerprint density at radius 3 is 2.64 bits per heavy atom. The number of ether oxygens (including phenoxy) is 2. The number of aliphatic imine (C=N–C) groups is 1. The molecular weight excluding hydrogens is 414 g/mol. The third kappa shape index (κ3) is 5.73. The van der Waals surface area contributed by atoms with Crippen LogP contribution in [0.2, 0.25) is 0 Å². The number of nitrogens with one attached hydrogen (secondary N) is 1. The topological polar surface area (TPSA) is 72.8 Å². The first-order valence-electron chi connectivity index (χ1n) is 11.0. The minimum atomic E-state index is -0.164. The summed E-state index contributed by atoms with van der Waals surface area (Å²) in [6.45, 7) is 1.89. The highest BCUT2D eigenvalue weighted by Gasteiger charge is 2.22. The van der Waals surface area contributed by atoms with Crippen LogP contribution in [0.1, 0.15) is 27.2 Å². The summed E-state index contributed by atoms with van der Waals surface area (Å²) in [5, 5.41) is 3.01. The van der Waals surface area contributed by atoms with E-state index in [4.69, 9.17) is 14.5 Å². The predicted molar refractivity (Wildman–Crippen MR) is 130 cm³/mol. The van der Waals surface area contributed by atoms with E-state index in [0.29, 0.717) is 49.6 Å². The summed E-state index contributed by atoms with van der Waals surface area (Å²) in [7, 11) is 1.63. The molecule has 1 aromatic heterocycles. The Balaban J connectivity index is 1.58. The number of hydrogen-bond acceptors (Lipinski definition) is 5. The Labute approximate surface area is 194 Å². The molecule has 6 heteroatoms. The van der Waals surface area contributed by atoms with Crippen molar-refractivity contribution < 1.29 is 14.3 Å². The lowest BCUT2D eigenvalue weighted by atomic mass is 9.99. The van der Waals surface area contributed by atoms with E-state index in [2.05, 4.69) is 22.4 Å². The largest absolute Gasteiger partial charge is 0.490 e. The first-order valence-corrected chi connectivity index (χ1v) is 11.0. The van der Waals surface area contributed by atoms with E-state index in [1.165, 1.54) is 0 Å². The van der Waals surface area contributed by atoms with E-state index in [9.17, 15) is 4.79 Å². The van der Waals surface area contributed by atoms with Gasteiger partial charge in [0.15, 0.2) is 0 Å². The fraction of sp³-hybridized carbons (Fsp3) is 0.222. The third-order valence-electron chi connectivity index (χ3n) is 5.34. The Hall–Kier alpha value is -3.77. The molecule has 0 saturated heterocycles. The van der Waals surface area contributed by atoms with Gasteiger partial charge >= 0.3 is 0 Å². The zero-order chi connectivity index (χ0) is 22.9. The molecule has 1 aliphatic heterocycles. The van der Waals surface area contributed by atoms with E-state index >= 15 is 0 Å². The lowest BCUT2D eigenvalue weighted by Crippen LogP contribution is -2.27. The number of methoxy groups -OCH3 is 1. The van der Waals surface area contributed by atoms with Gasteiger partial charge < -0.3 is 14.8 Å². The second-order valence-corrected chi connectivity index (χ2v) is 7.58.